The molecule has 1 unspecified atom stereocenters. The summed E-state index contributed by atoms with van der Waals surface area (Å²) in [6, 6.07) is 7.52. The second-order valence-corrected chi connectivity index (χ2v) is 6.74. The molecule has 1 aromatic carbocycles. The molecule has 5 heteroatoms. The molecule has 0 radical (unpaired) electrons. The van der Waals surface area contributed by atoms with E-state index < -0.39 is 0 Å². The highest BCUT2D eigenvalue weighted by molar-refractivity contribution is 6.00. The van der Waals surface area contributed by atoms with Gasteiger partial charge in [-0.2, -0.15) is 0 Å². The lowest BCUT2D eigenvalue weighted by atomic mass is 10.1. The van der Waals surface area contributed by atoms with Crippen LogP contribution in [0.2, 0.25) is 0 Å². The van der Waals surface area contributed by atoms with Crippen LogP contribution in [-0.2, 0) is 9.59 Å². The molecule has 1 heterocycles. The number of amides is 2. The standard InChI is InChI=1S/C19H28N2O3/c1-4-5-10-24-17-8-6-16(7-9-17)21-13-15(11-18(21)22)19(23)20-12-14(2)3/h6-9,14-15H,4-5,10-13H2,1-3H3,(H,20,23). The number of carbonyl (C=O) groups is 2. The first-order valence-electron chi connectivity index (χ1n) is 8.82. The Hall–Kier alpha value is -2.04. The number of carbonyl (C=O) groups excluding carboxylic acids is 2. The third kappa shape index (κ3) is 4.98. The monoisotopic (exact) mass is 332 g/mol. The predicted octanol–water partition coefficient (Wildman–Crippen LogP) is 2.99. The summed E-state index contributed by atoms with van der Waals surface area (Å²) in [7, 11) is 0. The minimum Gasteiger partial charge on any atom is -0.494 e. The first-order chi connectivity index (χ1) is 11.5. The van der Waals surface area contributed by atoms with Gasteiger partial charge < -0.3 is 15.0 Å². The van der Waals surface area contributed by atoms with Crippen molar-refractivity contribution in [2.75, 3.05) is 24.6 Å². The van der Waals surface area contributed by atoms with Crippen LogP contribution < -0.4 is 15.0 Å². The number of hydrogen-bond donors (Lipinski definition) is 1. The van der Waals surface area contributed by atoms with Crippen molar-refractivity contribution in [1.82, 2.24) is 5.32 Å². The molecule has 132 valence electrons. The summed E-state index contributed by atoms with van der Waals surface area (Å²) in [6.07, 6.45) is 2.40. The fourth-order valence-electron chi connectivity index (χ4n) is 2.64. The van der Waals surface area contributed by atoms with Gasteiger partial charge >= 0.3 is 0 Å². The molecule has 1 aliphatic rings. The topological polar surface area (TPSA) is 58.6 Å². The molecule has 0 bridgehead atoms. The third-order valence-corrected chi connectivity index (χ3v) is 4.10. The van der Waals surface area contributed by atoms with Crippen LogP contribution in [0, 0.1) is 11.8 Å². The Labute approximate surface area is 144 Å². The van der Waals surface area contributed by atoms with Crippen molar-refractivity contribution in [3.63, 3.8) is 0 Å². The van der Waals surface area contributed by atoms with Gasteiger partial charge in [0.1, 0.15) is 5.75 Å². The zero-order valence-electron chi connectivity index (χ0n) is 14.9. The predicted molar refractivity (Wildman–Crippen MR) is 95.2 cm³/mol. The average molecular weight is 332 g/mol. The van der Waals surface area contributed by atoms with Crippen molar-refractivity contribution in [3.05, 3.63) is 24.3 Å². The molecule has 1 aliphatic heterocycles. The van der Waals surface area contributed by atoms with Gasteiger partial charge in [0.25, 0.3) is 0 Å². The van der Waals surface area contributed by atoms with Crippen molar-refractivity contribution in [1.29, 1.82) is 0 Å². The van der Waals surface area contributed by atoms with Gasteiger partial charge in [0.2, 0.25) is 11.8 Å². The largest absolute Gasteiger partial charge is 0.494 e. The molecule has 1 atom stereocenters. The number of benzene rings is 1. The lowest BCUT2D eigenvalue weighted by molar-refractivity contribution is -0.126. The normalized spacial score (nSPS) is 17.4. The van der Waals surface area contributed by atoms with Crippen molar-refractivity contribution in [2.45, 2.75) is 40.0 Å². The van der Waals surface area contributed by atoms with Gasteiger partial charge in [-0.15, -0.1) is 0 Å². The summed E-state index contributed by atoms with van der Waals surface area (Å²) in [5.74, 6) is 0.919. The van der Waals surface area contributed by atoms with E-state index >= 15 is 0 Å². The quantitative estimate of drug-likeness (QED) is 0.745. The highest BCUT2D eigenvalue weighted by atomic mass is 16.5. The van der Waals surface area contributed by atoms with Crippen molar-refractivity contribution in [2.24, 2.45) is 11.8 Å². The highest BCUT2D eigenvalue weighted by Gasteiger charge is 2.34. The molecular weight excluding hydrogens is 304 g/mol. The minimum atomic E-state index is -0.267. The number of rotatable bonds is 8. The Morgan fingerprint density at radius 3 is 2.67 bits per heavy atom. The first kappa shape index (κ1) is 18.3. The fourth-order valence-corrected chi connectivity index (χ4v) is 2.64. The molecule has 0 aliphatic carbocycles. The lowest BCUT2D eigenvalue weighted by Gasteiger charge is -2.17. The molecule has 1 aromatic rings. The van der Waals surface area contributed by atoms with E-state index in [-0.39, 0.29) is 24.2 Å². The number of anilines is 1. The number of hydrogen-bond acceptors (Lipinski definition) is 3. The summed E-state index contributed by atoms with van der Waals surface area (Å²) in [5.41, 5.74) is 0.821. The van der Waals surface area contributed by atoms with Gasteiger partial charge in [-0.1, -0.05) is 27.2 Å². The van der Waals surface area contributed by atoms with Crippen LogP contribution in [0.4, 0.5) is 5.69 Å². The Bertz CT molecular complexity index is 554. The Morgan fingerprint density at radius 1 is 1.33 bits per heavy atom. The van der Waals surface area contributed by atoms with E-state index in [2.05, 4.69) is 26.1 Å². The minimum absolute atomic E-state index is 0.000603. The molecule has 1 saturated heterocycles. The molecule has 1 fully saturated rings. The summed E-state index contributed by atoms with van der Waals surface area (Å²) < 4.78 is 5.64. The molecule has 0 spiro atoms. The van der Waals surface area contributed by atoms with Crippen LogP contribution in [0.3, 0.4) is 0 Å². The van der Waals surface area contributed by atoms with Crippen LogP contribution in [0.5, 0.6) is 5.75 Å². The van der Waals surface area contributed by atoms with Gasteiger partial charge in [0, 0.05) is 25.2 Å². The van der Waals surface area contributed by atoms with Gasteiger partial charge in [0.05, 0.1) is 12.5 Å². The smallest absolute Gasteiger partial charge is 0.227 e. The van der Waals surface area contributed by atoms with Crippen LogP contribution in [-0.4, -0.2) is 31.5 Å². The van der Waals surface area contributed by atoms with Crippen molar-refractivity contribution < 1.29 is 14.3 Å². The van der Waals surface area contributed by atoms with E-state index in [0.717, 1.165) is 24.3 Å². The maximum atomic E-state index is 12.2. The van der Waals surface area contributed by atoms with Gasteiger partial charge in [-0.3, -0.25) is 9.59 Å². The molecule has 2 rings (SSSR count). The molecular formula is C19H28N2O3. The highest BCUT2D eigenvalue weighted by Crippen LogP contribution is 2.27. The van der Waals surface area contributed by atoms with E-state index in [1.54, 1.807) is 4.90 Å². The van der Waals surface area contributed by atoms with Crippen LogP contribution in [0.25, 0.3) is 0 Å². The summed E-state index contributed by atoms with van der Waals surface area (Å²) in [4.78, 5) is 26.1. The Kier molecular flexibility index (Phi) is 6.64. The third-order valence-electron chi connectivity index (χ3n) is 4.10. The molecule has 2 amide bonds. The molecule has 0 aromatic heterocycles. The zero-order chi connectivity index (χ0) is 17.5. The van der Waals surface area contributed by atoms with Gasteiger partial charge in [-0.25, -0.2) is 0 Å². The fraction of sp³-hybridized carbons (Fsp3) is 0.579. The number of nitrogens with zero attached hydrogens (tertiary/aromatic N) is 1. The second kappa shape index (κ2) is 8.71. The summed E-state index contributed by atoms with van der Waals surface area (Å²) in [6.45, 7) is 8.02. The zero-order valence-corrected chi connectivity index (χ0v) is 14.9. The van der Waals surface area contributed by atoms with E-state index in [1.807, 2.05) is 24.3 Å². The summed E-state index contributed by atoms with van der Waals surface area (Å²) >= 11 is 0. The summed E-state index contributed by atoms with van der Waals surface area (Å²) in [5, 5.41) is 2.92. The molecule has 5 nitrogen and oxygen atoms in total. The van der Waals surface area contributed by atoms with Crippen LogP contribution >= 0.6 is 0 Å². The van der Waals surface area contributed by atoms with Crippen molar-refractivity contribution in [3.8, 4) is 5.75 Å². The Balaban J connectivity index is 1.92. The van der Waals surface area contributed by atoms with E-state index in [9.17, 15) is 9.59 Å². The van der Waals surface area contributed by atoms with Gasteiger partial charge in [-0.05, 0) is 36.6 Å². The second-order valence-electron chi connectivity index (χ2n) is 6.74. The number of nitrogens with one attached hydrogen (secondary N) is 1. The molecule has 0 saturated carbocycles. The maximum absolute atomic E-state index is 12.2. The van der Waals surface area contributed by atoms with Crippen LogP contribution in [0.1, 0.15) is 40.0 Å². The van der Waals surface area contributed by atoms with E-state index in [1.165, 1.54) is 0 Å². The number of ether oxygens (including phenoxy) is 1. The average Bonchev–Trinajstić information content (AvgIpc) is 2.95. The van der Waals surface area contributed by atoms with E-state index in [0.29, 0.717) is 25.6 Å². The van der Waals surface area contributed by atoms with Gasteiger partial charge in [0.15, 0.2) is 0 Å². The number of unbranched alkanes of at least 4 members (excludes halogenated alkanes) is 1. The maximum Gasteiger partial charge on any atom is 0.227 e. The molecule has 1 N–H and O–H groups in total. The van der Waals surface area contributed by atoms with Crippen LogP contribution in [0.15, 0.2) is 24.3 Å². The lowest BCUT2D eigenvalue weighted by Crippen LogP contribution is -2.34. The molecule has 24 heavy (non-hydrogen) atoms. The van der Waals surface area contributed by atoms with Crippen molar-refractivity contribution >= 4 is 17.5 Å². The van der Waals surface area contributed by atoms with E-state index in [4.69, 9.17) is 4.74 Å². The Morgan fingerprint density at radius 2 is 2.04 bits per heavy atom. The first-order valence-corrected chi connectivity index (χ1v) is 8.82. The SMILES string of the molecule is CCCCOc1ccc(N2CC(C(=O)NCC(C)C)CC2=O)cc1.